The van der Waals surface area contributed by atoms with Gasteiger partial charge in [-0.05, 0) is 23.1 Å². The minimum absolute atomic E-state index is 0.00439. The Bertz CT molecular complexity index is 1060. The van der Waals surface area contributed by atoms with Crippen LogP contribution in [-0.4, -0.2) is 30.9 Å². The van der Waals surface area contributed by atoms with Gasteiger partial charge in [-0.2, -0.15) is 0 Å². The molecule has 0 aromatic heterocycles. The summed E-state index contributed by atoms with van der Waals surface area (Å²) in [6, 6.07) is 20.1. The lowest BCUT2D eigenvalue weighted by Crippen LogP contribution is -2.39. The van der Waals surface area contributed by atoms with Gasteiger partial charge in [-0.15, -0.1) is 11.5 Å². The van der Waals surface area contributed by atoms with Gasteiger partial charge >= 0.3 is 0 Å². The second-order valence-electron chi connectivity index (χ2n) is 10.2. The average Bonchev–Trinajstić information content (AvgIpc) is 2.95. The van der Waals surface area contributed by atoms with Gasteiger partial charge in [0.25, 0.3) is 0 Å². The molecule has 1 aliphatic heterocycles. The van der Waals surface area contributed by atoms with E-state index in [4.69, 9.17) is 0 Å². The van der Waals surface area contributed by atoms with Crippen molar-refractivity contribution in [1.29, 1.82) is 0 Å². The molecule has 0 bridgehead atoms. The fourth-order valence-corrected chi connectivity index (χ4v) is 5.77. The number of hydrogen-bond acceptors (Lipinski definition) is 0. The first-order valence-corrected chi connectivity index (χ1v) is 14.7. The van der Waals surface area contributed by atoms with E-state index < -0.39 is 8.07 Å². The Morgan fingerprint density at radius 2 is 1.67 bits per heavy atom. The minimum Gasteiger partial charge on any atom is -0.229 e. The van der Waals surface area contributed by atoms with E-state index in [0.29, 0.717) is 0 Å². The lowest BCUT2D eigenvalue weighted by Gasteiger charge is -2.35. The summed E-state index contributed by atoms with van der Waals surface area (Å²) in [5, 5.41) is 0. The molecule has 1 nitrogen and oxygen atoms in total. The van der Waals surface area contributed by atoms with Gasteiger partial charge in [-0.25, -0.2) is 4.58 Å². The monoisotopic (exact) mass is 412 g/mol. The van der Waals surface area contributed by atoms with Gasteiger partial charge in [-0.1, -0.05) is 80.3 Å². The Kier molecular flexibility index (Phi) is 5.37. The Morgan fingerprint density at radius 3 is 2.40 bits per heavy atom. The highest BCUT2D eigenvalue weighted by Gasteiger charge is 2.57. The van der Waals surface area contributed by atoms with Crippen LogP contribution in [0.2, 0.25) is 19.6 Å². The molecular weight excluding hydrogens is 378 g/mol. The summed E-state index contributed by atoms with van der Waals surface area (Å²) in [4.78, 5) is 0. The number of hydrogen-bond donors (Lipinski definition) is 0. The van der Waals surface area contributed by atoms with Crippen LogP contribution in [0.5, 0.6) is 0 Å². The summed E-state index contributed by atoms with van der Waals surface area (Å²) in [5.41, 5.74) is 9.13. The second-order valence-corrected chi connectivity index (χ2v) is 14.9. The van der Waals surface area contributed by atoms with Crippen molar-refractivity contribution >= 4 is 14.3 Å². The maximum absolute atomic E-state index is 3.51. The Labute approximate surface area is 183 Å². The van der Waals surface area contributed by atoms with Crippen molar-refractivity contribution in [3.05, 3.63) is 82.9 Å². The van der Waals surface area contributed by atoms with Gasteiger partial charge in [0.1, 0.15) is 20.0 Å². The number of unbranched alkanes of at least 4 members (excludes halogenated alkanes) is 1. The molecule has 0 amide bonds. The molecular formula is C28H34NSi+. The fourth-order valence-electron chi connectivity index (χ4n) is 5.12. The smallest absolute Gasteiger partial charge is 0.179 e. The molecule has 0 saturated carbocycles. The molecule has 2 aliphatic rings. The van der Waals surface area contributed by atoms with E-state index in [0.717, 1.165) is 25.8 Å². The van der Waals surface area contributed by atoms with E-state index in [2.05, 4.69) is 116 Å². The largest absolute Gasteiger partial charge is 0.229 e. The lowest BCUT2D eigenvalue weighted by molar-refractivity contribution is -0.580. The molecule has 30 heavy (non-hydrogen) atoms. The summed E-state index contributed by atoms with van der Waals surface area (Å²) < 4.78 is 2.59. The van der Waals surface area contributed by atoms with Gasteiger partial charge in [0, 0.05) is 32.3 Å². The number of fused-ring (bicyclic) bond motifs is 3. The molecule has 154 valence electrons. The maximum Gasteiger partial charge on any atom is 0.179 e. The highest BCUT2D eigenvalue weighted by Crippen LogP contribution is 2.51. The molecule has 0 spiro atoms. The Morgan fingerprint density at radius 1 is 0.967 bits per heavy atom. The second kappa shape index (κ2) is 7.71. The predicted octanol–water partition coefficient (Wildman–Crippen LogP) is 5.99. The van der Waals surface area contributed by atoms with Crippen LogP contribution in [0.3, 0.4) is 0 Å². The molecule has 1 atom stereocenters. The first-order valence-electron chi connectivity index (χ1n) is 11.2. The standard InChI is InChI=1S/C28H34NSi/c1-27(2)26-19-18-23-14-10-11-17-25(23)28(26,24-15-8-6-9-16-24)22-29(27)20-12-7-13-21-30(3,4)5/h6,8-11,14-17,19,22H,7,12,18,20H2,1-5H3/q+1/t28-/m1/s1. The molecule has 0 N–H and O–H groups in total. The van der Waals surface area contributed by atoms with E-state index in [1.807, 2.05) is 0 Å². The zero-order valence-electron chi connectivity index (χ0n) is 19.1. The average molecular weight is 413 g/mol. The van der Waals surface area contributed by atoms with Crippen LogP contribution in [-0.2, 0) is 11.8 Å². The van der Waals surface area contributed by atoms with Crippen molar-refractivity contribution in [1.82, 2.24) is 0 Å². The van der Waals surface area contributed by atoms with Crippen LogP contribution in [0.25, 0.3) is 0 Å². The number of allylic oxidation sites excluding steroid dienone is 1. The first-order chi connectivity index (χ1) is 14.2. The first kappa shape index (κ1) is 20.9. The summed E-state index contributed by atoms with van der Waals surface area (Å²) in [5.74, 6) is 3.45. The quantitative estimate of drug-likeness (QED) is 0.191. The molecule has 4 rings (SSSR count). The number of benzene rings is 2. The highest BCUT2D eigenvalue weighted by atomic mass is 28.3. The Balaban J connectivity index is 1.75. The van der Waals surface area contributed by atoms with Crippen LogP contribution in [0.4, 0.5) is 0 Å². The Hall–Kier alpha value is -2.37. The normalized spacial score (nSPS) is 21.6. The summed E-state index contributed by atoms with van der Waals surface area (Å²) >= 11 is 0. The zero-order chi connectivity index (χ0) is 21.4. The van der Waals surface area contributed by atoms with Gasteiger partial charge in [-0.3, -0.25) is 0 Å². The minimum atomic E-state index is -1.28. The van der Waals surface area contributed by atoms with Gasteiger partial charge < -0.3 is 0 Å². The third-order valence-corrected chi connectivity index (χ3v) is 7.44. The molecule has 0 fully saturated rings. The molecule has 2 heteroatoms. The van der Waals surface area contributed by atoms with Crippen LogP contribution in [0.1, 0.15) is 43.4 Å². The van der Waals surface area contributed by atoms with Crippen LogP contribution >= 0.6 is 0 Å². The molecule has 1 aliphatic carbocycles. The van der Waals surface area contributed by atoms with Crippen molar-refractivity contribution in [2.75, 3.05) is 6.54 Å². The predicted molar refractivity (Wildman–Crippen MR) is 131 cm³/mol. The molecule has 1 heterocycles. The van der Waals surface area contributed by atoms with Crippen molar-refractivity contribution in [3.8, 4) is 11.5 Å². The highest BCUT2D eigenvalue weighted by molar-refractivity contribution is 6.83. The van der Waals surface area contributed by atoms with Crippen molar-refractivity contribution in [2.45, 2.75) is 63.7 Å². The lowest BCUT2D eigenvalue weighted by atomic mass is 9.63. The van der Waals surface area contributed by atoms with Crippen LogP contribution < -0.4 is 0 Å². The van der Waals surface area contributed by atoms with Gasteiger partial charge in [0.05, 0.1) is 0 Å². The number of rotatable bonds is 4. The van der Waals surface area contributed by atoms with Crippen LogP contribution in [0.15, 0.2) is 66.2 Å². The fraction of sp³-hybridized carbons (Fsp3) is 0.393. The van der Waals surface area contributed by atoms with Gasteiger partial charge in [0.2, 0.25) is 0 Å². The molecule has 0 saturated heterocycles. The topological polar surface area (TPSA) is 3.01 Å². The SMILES string of the molecule is CC1(C)C2=CCc3ccccc3[C@]2(c2ccccc2)C=[N+]1CCCC#C[Si](C)(C)C. The molecule has 2 aromatic carbocycles. The van der Waals surface area contributed by atoms with E-state index >= 15 is 0 Å². The summed E-state index contributed by atoms with van der Waals surface area (Å²) in [7, 11) is -1.28. The van der Waals surface area contributed by atoms with E-state index in [1.165, 1.54) is 22.3 Å². The van der Waals surface area contributed by atoms with Crippen molar-refractivity contribution < 1.29 is 4.58 Å². The third kappa shape index (κ3) is 3.61. The van der Waals surface area contributed by atoms with Crippen molar-refractivity contribution in [2.24, 2.45) is 0 Å². The van der Waals surface area contributed by atoms with Gasteiger partial charge in [0.15, 0.2) is 11.8 Å². The molecule has 2 aromatic rings. The summed E-state index contributed by atoms with van der Waals surface area (Å²) in [6.45, 7) is 12.8. The van der Waals surface area contributed by atoms with E-state index in [-0.39, 0.29) is 11.0 Å². The zero-order valence-corrected chi connectivity index (χ0v) is 20.1. The summed E-state index contributed by atoms with van der Waals surface area (Å²) in [6.07, 6.45) is 8.14. The molecule has 0 radical (unpaired) electrons. The van der Waals surface area contributed by atoms with Crippen LogP contribution in [0, 0.1) is 11.5 Å². The van der Waals surface area contributed by atoms with E-state index in [1.54, 1.807) is 0 Å². The maximum atomic E-state index is 3.51. The van der Waals surface area contributed by atoms with E-state index in [9.17, 15) is 0 Å². The number of nitrogens with zero attached hydrogens (tertiary/aromatic N) is 1. The molecule has 0 unspecified atom stereocenters. The third-order valence-electron chi connectivity index (χ3n) is 6.51. The van der Waals surface area contributed by atoms with Crippen molar-refractivity contribution in [3.63, 3.8) is 0 Å².